The summed E-state index contributed by atoms with van der Waals surface area (Å²) in [6, 6.07) is 7.65. The van der Waals surface area contributed by atoms with Gasteiger partial charge in [-0.15, -0.1) is 0 Å². The zero-order valence-corrected chi connectivity index (χ0v) is 8.58. The highest BCUT2D eigenvalue weighted by Gasteiger charge is 2.15. The van der Waals surface area contributed by atoms with Crippen LogP contribution in [0.4, 0.5) is 0 Å². The Kier molecular flexibility index (Phi) is 3.49. The molecule has 0 aromatic heterocycles. The van der Waals surface area contributed by atoms with Crippen molar-refractivity contribution >= 4 is 17.9 Å². The van der Waals surface area contributed by atoms with Gasteiger partial charge < -0.3 is 4.79 Å². The van der Waals surface area contributed by atoms with Gasteiger partial charge in [0.15, 0.2) is 0 Å². The summed E-state index contributed by atoms with van der Waals surface area (Å²) in [5, 5.41) is 0.740. The predicted molar refractivity (Wildman–Crippen MR) is 55.1 cm³/mol. The maximum Gasteiger partial charge on any atom is 0.123 e. The van der Waals surface area contributed by atoms with E-state index < -0.39 is 0 Å². The van der Waals surface area contributed by atoms with Crippen LogP contribution >= 0.6 is 11.6 Å². The van der Waals surface area contributed by atoms with Crippen molar-refractivity contribution in [1.82, 2.24) is 0 Å². The van der Waals surface area contributed by atoms with Gasteiger partial charge in [0.25, 0.3) is 0 Å². The number of halogens is 1. The van der Waals surface area contributed by atoms with Crippen LogP contribution in [0.2, 0.25) is 5.02 Å². The quantitative estimate of drug-likeness (QED) is 0.679. The Morgan fingerprint density at radius 2 is 1.92 bits per heavy atom. The molecule has 70 valence electrons. The molecule has 0 saturated heterocycles. The lowest BCUT2D eigenvalue weighted by molar-refractivity contribution is -0.111. The van der Waals surface area contributed by atoms with E-state index in [0.29, 0.717) is 0 Å². The fourth-order valence-electron chi connectivity index (χ4n) is 1.25. The van der Waals surface area contributed by atoms with E-state index in [2.05, 4.69) is 0 Å². The minimum Gasteiger partial charge on any atom is -0.303 e. The standard InChI is InChI=1S/C11H13ClO/c1-8(7-13)9(2)10-5-3-4-6-11(10)12/h3-9H,1-2H3. The highest BCUT2D eigenvalue weighted by atomic mass is 35.5. The van der Waals surface area contributed by atoms with Gasteiger partial charge in [-0.3, -0.25) is 0 Å². The van der Waals surface area contributed by atoms with Gasteiger partial charge in [0.2, 0.25) is 0 Å². The molecule has 0 aliphatic rings. The van der Waals surface area contributed by atoms with Crippen LogP contribution in [-0.2, 0) is 4.79 Å². The van der Waals surface area contributed by atoms with Gasteiger partial charge in [-0.2, -0.15) is 0 Å². The van der Waals surface area contributed by atoms with Crippen molar-refractivity contribution in [3.63, 3.8) is 0 Å². The van der Waals surface area contributed by atoms with E-state index in [9.17, 15) is 4.79 Å². The number of benzene rings is 1. The molecule has 13 heavy (non-hydrogen) atoms. The third-order valence-corrected chi connectivity index (χ3v) is 2.74. The molecule has 0 aliphatic heterocycles. The number of carbonyl (C=O) groups excluding carboxylic acids is 1. The Morgan fingerprint density at radius 3 is 2.46 bits per heavy atom. The Hall–Kier alpha value is -0.820. The van der Waals surface area contributed by atoms with Crippen molar-refractivity contribution in [2.24, 2.45) is 5.92 Å². The first-order valence-electron chi connectivity index (χ1n) is 4.36. The molecular formula is C11H13ClO. The van der Waals surface area contributed by atoms with Crippen molar-refractivity contribution in [3.05, 3.63) is 34.9 Å². The lowest BCUT2D eigenvalue weighted by Crippen LogP contribution is -2.07. The zero-order chi connectivity index (χ0) is 9.84. The van der Waals surface area contributed by atoms with Gasteiger partial charge in [0.05, 0.1) is 0 Å². The second kappa shape index (κ2) is 4.43. The molecule has 2 unspecified atom stereocenters. The molecule has 1 aromatic rings. The summed E-state index contributed by atoms with van der Waals surface area (Å²) in [7, 11) is 0. The molecule has 0 amide bonds. The van der Waals surface area contributed by atoms with E-state index in [0.717, 1.165) is 16.9 Å². The Labute approximate surface area is 83.7 Å². The largest absolute Gasteiger partial charge is 0.303 e. The molecule has 0 spiro atoms. The molecule has 2 heteroatoms. The van der Waals surface area contributed by atoms with Crippen molar-refractivity contribution in [3.8, 4) is 0 Å². The number of carbonyl (C=O) groups is 1. The van der Waals surface area contributed by atoms with Crippen molar-refractivity contribution in [2.45, 2.75) is 19.8 Å². The lowest BCUT2D eigenvalue weighted by atomic mass is 9.90. The molecular weight excluding hydrogens is 184 g/mol. The van der Waals surface area contributed by atoms with Gasteiger partial charge in [0, 0.05) is 10.9 Å². The van der Waals surface area contributed by atoms with Crippen molar-refractivity contribution < 1.29 is 4.79 Å². The predicted octanol–water partition coefficient (Wildman–Crippen LogP) is 3.28. The summed E-state index contributed by atoms with van der Waals surface area (Å²) in [5.41, 5.74) is 1.05. The normalized spacial score (nSPS) is 15.0. The number of rotatable bonds is 3. The first-order valence-corrected chi connectivity index (χ1v) is 4.74. The summed E-state index contributed by atoms with van der Waals surface area (Å²) in [4.78, 5) is 10.6. The topological polar surface area (TPSA) is 17.1 Å². The Balaban J connectivity index is 2.94. The third kappa shape index (κ3) is 2.31. The molecule has 2 atom stereocenters. The molecule has 1 aromatic carbocycles. The van der Waals surface area contributed by atoms with Crippen LogP contribution in [0.25, 0.3) is 0 Å². The van der Waals surface area contributed by atoms with Crippen LogP contribution in [0, 0.1) is 5.92 Å². The van der Waals surface area contributed by atoms with Gasteiger partial charge in [-0.05, 0) is 17.5 Å². The summed E-state index contributed by atoms with van der Waals surface area (Å²) >= 11 is 6.00. The van der Waals surface area contributed by atoms with Gasteiger partial charge in [-0.25, -0.2) is 0 Å². The minimum absolute atomic E-state index is 0.0138. The molecule has 0 aliphatic carbocycles. The third-order valence-electron chi connectivity index (χ3n) is 2.40. The maximum absolute atomic E-state index is 10.6. The summed E-state index contributed by atoms with van der Waals surface area (Å²) in [5.74, 6) is 0.200. The number of aldehydes is 1. The molecule has 0 bridgehead atoms. The molecule has 0 N–H and O–H groups in total. The Bertz CT molecular complexity index is 296. The van der Waals surface area contributed by atoms with Crippen molar-refractivity contribution in [2.75, 3.05) is 0 Å². The highest BCUT2D eigenvalue weighted by molar-refractivity contribution is 6.31. The second-order valence-corrected chi connectivity index (χ2v) is 3.71. The van der Waals surface area contributed by atoms with Crippen LogP contribution in [0.1, 0.15) is 25.3 Å². The molecule has 0 saturated carbocycles. The molecule has 1 rings (SSSR count). The first kappa shape index (κ1) is 10.3. The maximum atomic E-state index is 10.6. The van der Waals surface area contributed by atoms with Gasteiger partial charge >= 0.3 is 0 Å². The summed E-state index contributed by atoms with van der Waals surface area (Å²) < 4.78 is 0. The first-order chi connectivity index (χ1) is 6.16. The summed E-state index contributed by atoms with van der Waals surface area (Å²) in [6.07, 6.45) is 0.966. The zero-order valence-electron chi connectivity index (χ0n) is 7.83. The van der Waals surface area contributed by atoms with Crippen molar-refractivity contribution in [1.29, 1.82) is 0 Å². The Morgan fingerprint density at radius 1 is 1.31 bits per heavy atom. The second-order valence-electron chi connectivity index (χ2n) is 3.31. The molecule has 0 heterocycles. The number of hydrogen-bond acceptors (Lipinski definition) is 1. The molecule has 0 fully saturated rings. The van der Waals surface area contributed by atoms with Gasteiger partial charge in [0.1, 0.15) is 6.29 Å². The average molecular weight is 197 g/mol. The number of hydrogen-bond donors (Lipinski definition) is 0. The minimum atomic E-state index is 0.0138. The van der Waals surface area contributed by atoms with E-state index in [4.69, 9.17) is 11.6 Å². The fourth-order valence-corrected chi connectivity index (χ4v) is 1.55. The lowest BCUT2D eigenvalue weighted by Gasteiger charge is -2.15. The van der Waals surface area contributed by atoms with Crippen LogP contribution < -0.4 is 0 Å². The van der Waals surface area contributed by atoms with Gasteiger partial charge in [-0.1, -0.05) is 43.6 Å². The average Bonchev–Trinajstić information content (AvgIpc) is 2.16. The molecule has 0 radical (unpaired) electrons. The van der Waals surface area contributed by atoms with E-state index in [1.165, 1.54) is 0 Å². The van der Waals surface area contributed by atoms with E-state index in [-0.39, 0.29) is 11.8 Å². The highest BCUT2D eigenvalue weighted by Crippen LogP contribution is 2.28. The monoisotopic (exact) mass is 196 g/mol. The van der Waals surface area contributed by atoms with Crippen LogP contribution in [0.15, 0.2) is 24.3 Å². The SMILES string of the molecule is CC(C=O)C(C)c1ccccc1Cl. The van der Waals surface area contributed by atoms with E-state index in [1.807, 2.05) is 38.1 Å². The fraction of sp³-hybridized carbons (Fsp3) is 0.364. The van der Waals surface area contributed by atoms with Crippen LogP contribution in [0.3, 0.4) is 0 Å². The van der Waals surface area contributed by atoms with E-state index in [1.54, 1.807) is 0 Å². The van der Waals surface area contributed by atoms with Crippen LogP contribution in [-0.4, -0.2) is 6.29 Å². The molecule has 1 nitrogen and oxygen atoms in total. The van der Waals surface area contributed by atoms with E-state index >= 15 is 0 Å². The smallest absolute Gasteiger partial charge is 0.123 e. The van der Waals surface area contributed by atoms with Crippen LogP contribution in [0.5, 0.6) is 0 Å². The summed E-state index contributed by atoms with van der Waals surface area (Å²) in [6.45, 7) is 3.92.